The second-order valence-electron chi connectivity index (χ2n) is 6.65. The molecule has 0 radical (unpaired) electrons. The number of rotatable bonds is 7. The smallest absolute Gasteiger partial charge is 0.451 e. The third-order valence-electron chi connectivity index (χ3n) is 4.95. The van der Waals surface area contributed by atoms with Crippen LogP contribution in [0.1, 0.15) is 12.8 Å². The molecule has 2 rings (SSSR count). The van der Waals surface area contributed by atoms with Crippen LogP contribution in [0.3, 0.4) is 0 Å². The summed E-state index contributed by atoms with van der Waals surface area (Å²) in [7, 11) is -5.24. The molecule has 0 spiro atoms. The van der Waals surface area contributed by atoms with Crippen molar-refractivity contribution in [1.82, 2.24) is 9.62 Å². The molecular formula is C12H25BN4O6S. The highest BCUT2D eigenvalue weighted by atomic mass is 32.2. The number of nitrogens with one attached hydrogen (secondary N) is 1. The molecular weight excluding hydrogens is 339 g/mol. The summed E-state index contributed by atoms with van der Waals surface area (Å²) in [5, 5.41) is 29.4. The summed E-state index contributed by atoms with van der Waals surface area (Å²) in [5.74, 6) is -1.86. The van der Waals surface area contributed by atoms with Crippen molar-refractivity contribution in [2.75, 3.05) is 26.2 Å². The van der Waals surface area contributed by atoms with Gasteiger partial charge in [0, 0.05) is 38.1 Å². The monoisotopic (exact) mass is 364 g/mol. The molecule has 2 fully saturated rings. The number of carboxylic acid groups (broad SMARTS) is 1. The lowest BCUT2D eigenvalue weighted by molar-refractivity contribution is -0.144. The lowest BCUT2D eigenvalue weighted by Gasteiger charge is -2.26. The second kappa shape index (κ2) is 7.24. The zero-order valence-electron chi connectivity index (χ0n) is 13.3. The zero-order valence-corrected chi connectivity index (χ0v) is 14.2. The Morgan fingerprint density at radius 1 is 1.38 bits per heavy atom. The van der Waals surface area contributed by atoms with E-state index in [2.05, 4.69) is 5.32 Å². The molecule has 2 aliphatic rings. The number of hydrogen-bond acceptors (Lipinski definition) is 8. The van der Waals surface area contributed by atoms with E-state index >= 15 is 0 Å². The Hall–Kier alpha value is -0.755. The molecule has 0 amide bonds. The van der Waals surface area contributed by atoms with Crippen LogP contribution in [0.5, 0.6) is 0 Å². The van der Waals surface area contributed by atoms with Gasteiger partial charge in [-0.05, 0) is 12.7 Å². The average Bonchev–Trinajstić information content (AvgIpc) is 3.04. The predicted molar refractivity (Wildman–Crippen MR) is 87.4 cm³/mol. The fraction of sp³-hybridized carbons (Fsp3) is 0.917. The van der Waals surface area contributed by atoms with Gasteiger partial charge in [0.1, 0.15) is 10.8 Å². The van der Waals surface area contributed by atoms with E-state index in [4.69, 9.17) is 21.5 Å². The second-order valence-corrected chi connectivity index (χ2v) is 8.80. The highest BCUT2D eigenvalue weighted by molar-refractivity contribution is 7.89. The Bertz CT molecular complexity index is 576. The number of hydrogen-bond donors (Lipinski definition) is 6. The van der Waals surface area contributed by atoms with Gasteiger partial charge in [-0.25, -0.2) is 8.42 Å². The third-order valence-corrected chi connectivity index (χ3v) is 7.23. The van der Waals surface area contributed by atoms with E-state index < -0.39 is 45.9 Å². The fourth-order valence-corrected chi connectivity index (χ4v) is 5.45. The van der Waals surface area contributed by atoms with Gasteiger partial charge in [-0.2, -0.15) is 4.31 Å². The van der Waals surface area contributed by atoms with Crippen molar-refractivity contribution >= 4 is 23.1 Å². The summed E-state index contributed by atoms with van der Waals surface area (Å²) in [4.78, 5) is 11.6. The maximum absolute atomic E-state index is 12.8. The molecule has 24 heavy (non-hydrogen) atoms. The van der Waals surface area contributed by atoms with E-state index in [1.165, 1.54) is 0 Å². The van der Waals surface area contributed by atoms with Crippen molar-refractivity contribution in [2.45, 2.75) is 36.0 Å². The fourth-order valence-electron chi connectivity index (χ4n) is 3.42. The number of nitrogens with two attached hydrogens (primary N) is 2. The number of nitrogens with zero attached hydrogens (tertiary/aromatic N) is 1. The van der Waals surface area contributed by atoms with Crippen LogP contribution in [0.25, 0.3) is 0 Å². The molecule has 12 heteroatoms. The van der Waals surface area contributed by atoms with E-state index in [1.807, 2.05) is 0 Å². The van der Waals surface area contributed by atoms with Gasteiger partial charge >= 0.3 is 13.1 Å². The lowest BCUT2D eigenvalue weighted by atomic mass is 9.78. The van der Waals surface area contributed by atoms with E-state index in [0.29, 0.717) is 19.4 Å². The van der Waals surface area contributed by atoms with Crippen LogP contribution in [0, 0.1) is 5.92 Å². The largest absolute Gasteiger partial charge is 0.480 e. The van der Waals surface area contributed by atoms with Crippen LogP contribution in [0.2, 0.25) is 6.32 Å². The minimum atomic E-state index is -3.76. The molecule has 2 aliphatic heterocycles. The molecule has 0 aromatic heterocycles. The van der Waals surface area contributed by atoms with Crippen molar-refractivity contribution in [1.29, 1.82) is 0 Å². The van der Waals surface area contributed by atoms with Crippen LogP contribution in [0.4, 0.5) is 0 Å². The quantitative estimate of drug-likeness (QED) is 0.251. The average molecular weight is 364 g/mol. The summed E-state index contributed by atoms with van der Waals surface area (Å²) < 4.78 is 26.6. The van der Waals surface area contributed by atoms with Gasteiger partial charge in [0.05, 0.1) is 0 Å². The lowest BCUT2D eigenvalue weighted by Crippen LogP contribution is -2.55. The van der Waals surface area contributed by atoms with Gasteiger partial charge in [-0.3, -0.25) is 4.79 Å². The van der Waals surface area contributed by atoms with Gasteiger partial charge in [0.15, 0.2) is 0 Å². The highest BCUT2D eigenvalue weighted by Crippen LogP contribution is 2.33. The van der Waals surface area contributed by atoms with Gasteiger partial charge in [-0.15, -0.1) is 0 Å². The minimum absolute atomic E-state index is 0.00409. The number of aliphatic carboxylic acids is 1. The minimum Gasteiger partial charge on any atom is -0.480 e. The van der Waals surface area contributed by atoms with Crippen molar-refractivity contribution < 1.29 is 28.4 Å². The normalized spacial score (nSPS) is 34.6. The summed E-state index contributed by atoms with van der Waals surface area (Å²) in [6, 6.07) is -0.546. The Kier molecular flexibility index (Phi) is 5.90. The molecule has 0 aromatic carbocycles. The Balaban J connectivity index is 2.15. The Morgan fingerprint density at radius 3 is 2.54 bits per heavy atom. The predicted octanol–water partition coefficient (Wildman–Crippen LogP) is -3.42. The Morgan fingerprint density at radius 2 is 2.04 bits per heavy atom. The zero-order chi connectivity index (χ0) is 18.1. The first kappa shape index (κ1) is 19.6. The van der Waals surface area contributed by atoms with E-state index in [0.717, 1.165) is 4.31 Å². The van der Waals surface area contributed by atoms with Crippen LogP contribution < -0.4 is 16.8 Å². The van der Waals surface area contributed by atoms with E-state index in [9.17, 15) is 18.3 Å². The molecule has 0 unspecified atom stereocenters. The maximum Gasteiger partial charge on any atom is 0.451 e. The molecule has 2 heterocycles. The molecule has 0 aliphatic carbocycles. The molecule has 0 bridgehead atoms. The molecule has 8 N–H and O–H groups in total. The van der Waals surface area contributed by atoms with Gasteiger partial charge < -0.3 is 31.9 Å². The SMILES string of the molecule is N[C@H]1CNC[C@@H]1S(=O)(=O)N1C[C@H](CCCB(O)O)[C@](N)(C(=O)O)C1. The van der Waals surface area contributed by atoms with Crippen molar-refractivity contribution in [2.24, 2.45) is 17.4 Å². The van der Waals surface area contributed by atoms with Crippen LogP contribution >= 0.6 is 0 Å². The van der Waals surface area contributed by atoms with Crippen molar-refractivity contribution in [3.8, 4) is 0 Å². The standard InChI is InChI=1S/C12H25BN4O6S/c14-9-4-16-5-10(9)24(22,23)17-6-8(2-1-3-13(20)21)12(15,7-17)11(18)19/h8-10,16,20-21H,1-7,14-15H2,(H,18,19)/t8-,9-,10-,12-/m0/s1. The van der Waals surface area contributed by atoms with Crippen LogP contribution in [-0.2, 0) is 14.8 Å². The molecule has 0 saturated carbocycles. The topological polar surface area (TPSA) is 179 Å². The van der Waals surface area contributed by atoms with Crippen molar-refractivity contribution in [3.05, 3.63) is 0 Å². The molecule has 138 valence electrons. The van der Waals surface area contributed by atoms with Crippen LogP contribution in [0.15, 0.2) is 0 Å². The summed E-state index contributed by atoms with van der Waals surface area (Å²) in [5.41, 5.74) is 10.2. The molecule has 2 saturated heterocycles. The van der Waals surface area contributed by atoms with E-state index in [1.54, 1.807) is 0 Å². The molecule has 4 atom stereocenters. The third kappa shape index (κ3) is 3.74. The summed E-state index contributed by atoms with van der Waals surface area (Å²) in [6.45, 7) is 0.310. The van der Waals surface area contributed by atoms with Crippen molar-refractivity contribution in [3.63, 3.8) is 0 Å². The first-order valence-electron chi connectivity index (χ1n) is 7.92. The first-order chi connectivity index (χ1) is 11.1. The number of carboxylic acids is 1. The van der Waals surface area contributed by atoms with Gasteiger partial charge in [0.2, 0.25) is 10.0 Å². The highest BCUT2D eigenvalue weighted by Gasteiger charge is 2.54. The van der Waals surface area contributed by atoms with E-state index in [-0.39, 0.29) is 26.0 Å². The Labute approximate surface area is 141 Å². The molecule has 10 nitrogen and oxygen atoms in total. The summed E-state index contributed by atoms with van der Waals surface area (Å²) in [6.07, 6.45) is 0.713. The summed E-state index contributed by atoms with van der Waals surface area (Å²) >= 11 is 0. The first-order valence-corrected chi connectivity index (χ1v) is 9.43. The van der Waals surface area contributed by atoms with Gasteiger partial charge in [0.25, 0.3) is 0 Å². The maximum atomic E-state index is 12.8. The number of carbonyl (C=O) groups is 1. The van der Waals surface area contributed by atoms with Gasteiger partial charge in [-0.1, -0.05) is 6.42 Å². The number of sulfonamides is 1. The van der Waals surface area contributed by atoms with Crippen LogP contribution in [-0.4, -0.2) is 84.0 Å². The molecule has 0 aromatic rings.